The van der Waals surface area contributed by atoms with E-state index in [0.29, 0.717) is 16.4 Å². The number of pyridine rings is 1. The van der Waals surface area contributed by atoms with Gasteiger partial charge < -0.3 is 5.32 Å². The van der Waals surface area contributed by atoms with Crippen LogP contribution < -0.4 is 10.8 Å². The van der Waals surface area contributed by atoms with Gasteiger partial charge in [-0.2, -0.15) is 0 Å². The molecule has 0 radical (unpaired) electrons. The Morgan fingerprint density at radius 1 is 1.30 bits per heavy atom. The van der Waals surface area contributed by atoms with Crippen LogP contribution in [0.3, 0.4) is 0 Å². The molecule has 0 spiro atoms. The number of nitrogens with one attached hydrogen (secondary N) is 2. The van der Waals surface area contributed by atoms with E-state index >= 15 is 0 Å². The van der Waals surface area contributed by atoms with Gasteiger partial charge in [-0.15, -0.1) is 24.8 Å². The van der Waals surface area contributed by atoms with Gasteiger partial charge in [-0.1, -0.05) is 23.7 Å². The maximum Gasteiger partial charge on any atom is 0.267 e. The molecule has 1 aromatic carbocycles. The summed E-state index contributed by atoms with van der Waals surface area (Å²) in [5.41, 5.74) is 3.16. The van der Waals surface area contributed by atoms with Crippen LogP contribution in [0.1, 0.15) is 24.0 Å². The van der Waals surface area contributed by atoms with E-state index in [9.17, 15) is 9.18 Å². The topological polar surface area (TPSA) is 77.5 Å². The molecule has 0 saturated carbocycles. The first-order valence-electron chi connectivity index (χ1n) is 9.04. The third-order valence-corrected chi connectivity index (χ3v) is 4.91. The zero-order chi connectivity index (χ0) is 19.9. The molecule has 30 heavy (non-hydrogen) atoms. The summed E-state index contributed by atoms with van der Waals surface area (Å²) in [7, 11) is 0. The number of anilines is 1. The molecule has 1 fully saturated rings. The van der Waals surface area contributed by atoms with Crippen molar-refractivity contribution in [1.82, 2.24) is 15.4 Å². The molecule has 0 unspecified atom stereocenters. The summed E-state index contributed by atoms with van der Waals surface area (Å²) in [5, 5.41) is 12.3. The van der Waals surface area contributed by atoms with Crippen molar-refractivity contribution in [3.63, 3.8) is 0 Å². The first-order valence-corrected chi connectivity index (χ1v) is 9.42. The summed E-state index contributed by atoms with van der Waals surface area (Å²) in [6, 6.07) is 8.68. The van der Waals surface area contributed by atoms with Crippen LogP contribution in [0.2, 0.25) is 5.02 Å². The van der Waals surface area contributed by atoms with Crippen molar-refractivity contribution in [2.75, 3.05) is 18.4 Å². The third-order valence-electron chi connectivity index (χ3n) is 4.62. The maximum absolute atomic E-state index is 13.3. The molecule has 0 bridgehead atoms. The SMILES string of the molecule is Cl.Cl.O=C(/C=C/c1cnc(NC2CCN(Cc3cccc(F)c3)CC2)c(Cl)c1)NO. The number of amides is 1. The molecule has 0 atom stereocenters. The highest BCUT2D eigenvalue weighted by Gasteiger charge is 2.20. The van der Waals surface area contributed by atoms with Crippen molar-refractivity contribution in [2.45, 2.75) is 25.4 Å². The molecular formula is C20H24Cl3FN4O2. The average molecular weight is 478 g/mol. The maximum atomic E-state index is 13.3. The number of carbonyl (C=O) groups is 1. The second-order valence-electron chi connectivity index (χ2n) is 6.73. The number of halogens is 4. The van der Waals surface area contributed by atoms with Crippen molar-refractivity contribution in [3.8, 4) is 0 Å². The van der Waals surface area contributed by atoms with Gasteiger partial charge in [-0.05, 0) is 48.2 Å². The lowest BCUT2D eigenvalue weighted by molar-refractivity contribution is -0.124. The number of hydrogen-bond donors (Lipinski definition) is 3. The van der Waals surface area contributed by atoms with E-state index in [-0.39, 0.29) is 36.7 Å². The Bertz CT molecular complexity index is 862. The number of likely N-dealkylation sites (tertiary alicyclic amines) is 1. The molecule has 2 heterocycles. The second kappa shape index (κ2) is 12.7. The highest BCUT2D eigenvalue weighted by molar-refractivity contribution is 6.33. The highest BCUT2D eigenvalue weighted by Crippen LogP contribution is 2.24. The number of hydroxylamine groups is 1. The number of aromatic nitrogens is 1. The number of benzene rings is 1. The number of nitrogens with zero attached hydrogens (tertiary/aromatic N) is 2. The third kappa shape index (κ3) is 7.74. The van der Waals surface area contributed by atoms with Crippen LogP contribution in [0.25, 0.3) is 6.08 Å². The molecule has 1 saturated heterocycles. The summed E-state index contributed by atoms with van der Waals surface area (Å²) in [6.07, 6.45) is 6.18. The molecule has 6 nitrogen and oxygen atoms in total. The lowest BCUT2D eigenvalue weighted by Gasteiger charge is -2.32. The van der Waals surface area contributed by atoms with Crippen LogP contribution in [-0.2, 0) is 11.3 Å². The molecule has 1 aliphatic heterocycles. The number of piperidine rings is 1. The summed E-state index contributed by atoms with van der Waals surface area (Å²) < 4.78 is 13.3. The Balaban J connectivity index is 0.00000225. The quantitative estimate of drug-likeness (QED) is 0.328. The molecule has 1 amide bonds. The van der Waals surface area contributed by atoms with E-state index in [1.165, 1.54) is 23.7 Å². The van der Waals surface area contributed by atoms with Gasteiger partial charge in [-0.3, -0.25) is 14.9 Å². The normalized spacial score (nSPS) is 14.6. The fourth-order valence-corrected chi connectivity index (χ4v) is 3.41. The van der Waals surface area contributed by atoms with E-state index < -0.39 is 5.91 Å². The van der Waals surface area contributed by atoms with Gasteiger partial charge in [0.05, 0.1) is 5.02 Å². The Morgan fingerprint density at radius 3 is 2.67 bits per heavy atom. The number of carbonyl (C=O) groups excluding carboxylic acids is 1. The molecule has 0 aliphatic carbocycles. The Hall–Kier alpha value is -1.90. The fraction of sp³-hybridized carbons (Fsp3) is 0.300. The van der Waals surface area contributed by atoms with E-state index in [0.717, 1.165) is 38.0 Å². The van der Waals surface area contributed by atoms with E-state index in [4.69, 9.17) is 16.8 Å². The predicted octanol–water partition coefficient (Wildman–Crippen LogP) is 4.31. The largest absolute Gasteiger partial charge is 0.366 e. The molecule has 10 heteroatoms. The number of hydrogen-bond acceptors (Lipinski definition) is 5. The Morgan fingerprint density at radius 2 is 2.03 bits per heavy atom. The van der Waals surface area contributed by atoms with Crippen molar-refractivity contribution in [2.24, 2.45) is 0 Å². The monoisotopic (exact) mass is 476 g/mol. The van der Waals surface area contributed by atoms with Crippen LogP contribution in [0.15, 0.2) is 42.6 Å². The van der Waals surface area contributed by atoms with E-state index in [1.54, 1.807) is 24.4 Å². The van der Waals surface area contributed by atoms with Gasteiger partial charge in [-0.25, -0.2) is 14.9 Å². The molecule has 1 aromatic heterocycles. The molecular weight excluding hydrogens is 454 g/mol. The predicted molar refractivity (Wildman–Crippen MR) is 121 cm³/mol. The van der Waals surface area contributed by atoms with Crippen LogP contribution >= 0.6 is 36.4 Å². The van der Waals surface area contributed by atoms with Crippen molar-refractivity contribution in [3.05, 3.63) is 64.6 Å². The van der Waals surface area contributed by atoms with Gasteiger partial charge in [0.25, 0.3) is 5.91 Å². The summed E-state index contributed by atoms with van der Waals surface area (Å²) in [6.45, 7) is 2.55. The second-order valence-corrected chi connectivity index (χ2v) is 7.14. The summed E-state index contributed by atoms with van der Waals surface area (Å²) in [4.78, 5) is 17.7. The van der Waals surface area contributed by atoms with Crippen LogP contribution in [0.5, 0.6) is 0 Å². The molecule has 1 aliphatic rings. The standard InChI is InChI=1S/C20H22ClFN4O2.2ClH/c21-18-11-14(4-5-19(27)25-28)12-23-20(18)24-17-6-8-26(9-7-17)13-15-2-1-3-16(22)10-15;;/h1-5,10-12,17,28H,6-9,13H2,(H,23,24)(H,25,27);2*1H/b5-4+;;. The highest BCUT2D eigenvalue weighted by atomic mass is 35.5. The van der Waals surface area contributed by atoms with Crippen LogP contribution in [0.4, 0.5) is 10.2 Å². The van der Waals surface area contributed by atoms with E-state index in [2.05, 4.69) is 15.2 Å². The summed E-state index contributed by atoms with van der Waals surface area (Å²) >= 11 is 6.29. The van der Waals surface area contributed by atoms with Gasteiger partial charge in [0.1, 0.15) is 11.6 Å². The zero-order valence-electron chi connectivity index (χ0n) is 16.1. The zero-order valence-corrected chi connectivity index (χ0v) is 18.4. The van der Waals surface area contributed by atoms with Gasteiger partial charge in [0, 0.05) is 37.9 Å². The molecule has 2 aromatic rings. The minimum Gasteiger partial charge on any atom is -0.366 e. The van der Waals surface area contributed by atoms with Gasteiger partial charge in [0.2, 0.25) is 0 Å². The minimum absolute atomic E-state index is 0. The minimum atomic E-state index is -0.622. The first kappa shape index (κ1) is 26.1. The number of rotatable bonds is 6. The smallest absolute Gasteiger partial charge is 0.267 e. The summed E-state index contributed by atoms with van der Waals surface area (Å²) in [5.74, 6) is -0.220. The fourth-order valence-electron chi connectivity index (χ4n) is 3.18. The van der Waals surface area contributed by atoms with Crippen molar-refractivity contribution < 1.29 is 14.4 Å². The van der Waals surface area contributed by atoms with Gasteiger partial charge >= 0.3 is 0 Å². The van der Waals surface area contributed by atoms with Crippen molar-refractivity contribution in [1.29, 1.82) is 0 Å². The van der Waals surface area contributed by atoms with Crippen LogP contribution in [-0.4, -0.2) is 40.1 Å². The average Bonchev–Trinajstić information content (AvgIpc) is 2.69. The Kier molecular flexibility index (Phi) is 11.1. The van der Waals surface area contributed by atoms with Crippen LogP contribution in [0, 0.1) is 5.82 Å². The Labute approximate surface area is 192 Å². The lowest BCUT2D eigenvalue weighted by Crippen LogP contribution is -2.38. The van der Waals surface area contributed by atoms with Crippen molar-refractivity contribution >= 4 is 54.2 Å². The molecule has 3 rings (SSSR count). The van der Waals surface area contributed by atoms with Gasteiger partial charge in [0.15, 0.2) is 0 Å². The lowest BCUT2D eigenvalue weighted by atomic mass is 10.0. The molecule has 164 valence electrons. The first-order chi connectivity index (χ1) is 13.5. The molecule has 3 N–H and O–H groups in total. The van der Waals surface area contributed by atoms with E-state index in [1.807, 2.05) is 6.07 Å².